The van der Waals surface area contributed by atoms with Crippen molar-refractivity contribution in [3.8, 4) is 11.5 Å². The van der Waals surface area contributed by atoms with Crippen molar-refractivity contribution in [2.24, 2.45) is 0 Å². The average Bonchev–Trinajstić information content (AvgIpc) is 2.59. The fraction of sp³-hybridized carbons (Fsp3) is 0.562. The fourth-order valence-corrected chi connectivity index (χ4v) is 2.73. The molecular weight excluding hydrogens is 314 g/mol. The lowest BCUT2D eigenvalue weighted by molar-refractivity contribution is -0.908. The van der Waals surface area contributed by atoms with Crippen LogP contribution in [0.5, 0.6) is 11.5 Å². The number of rotatable bonds is 7. The zero-order chi connectivity index (χ0) is 16.5. The second-order valence-corrected chi connectivity index (χ2v) is 5.86. The molecule has 0 amide bonds. The molecule has 0 radical (unpaired) electrons. The Bertz CT molecular complexity index is 485. The van der Waals surface area contributed by atoms with E-state index in [2.05, 4.69) is 10.6 Å². The minimum atomic E-state index is 0.609. The van der Waals surface area contributed by atoms with E-state index in [0.29, 0.717) is 5.11 Å². The quantitative estimate of drug-likeness (QED) is 0.490. The number of hydrogen-bond donors (Lipinski definition) is 3. The van der Waals surface area contributed by atoms with Crippen LogP contribution < -0.4 is 25.0 Å². The summed E-state index contributed by atoms with van der Waals surface area (Å²) in [5, 5.41) is 7.01. The van der Waals surface area contributed by atoms with Gasteiger partial charge in [0.1, 0.15) is 24.6 Å². The molecular formula is C16H26N3O3S+. The number of hydrogen-bond acceptors (Lipinski definition) is 4. The number of nitrogens with one attached hydrogen (secondary N) is 3. The van der Waals surface area contributed by atoms with Crippen LogP contribution >= 0.6 is 12.2 Å². The predicted octanol–water partition coefficient (Wildman–Crippen LogP) is 0.295. The fourth-order valence-electron chi connectivity index (χ4n) is 2.51. The Kier molecular flexibility index (Phi) is 7.38. The summed E-state index contributed by atoms with van der Waals surface area (Å²) in [4.78, 5) is 1.61. The van der Waals surface area contributed by atoms with Gasteiger partial charge >= 0.3 is 0 Å². The molecule has 0 spiro atoms. The highest BCUT2D eigenvalue weighted by Crippen LogP contribution is 2.25. The van der Waals surface area contributed by atoms with Gasteiger partial charge in [0.15, 0.2) is 5.11 Å². The third kappa shape index (κ3) is 6.21. The second kappa shape index (κ2) is 9.54. The summed E-state index contributed by atoms with van der Waals surface area (Å²) in [6, 6.07) is 5.59. The van der Waals surface area contributed by atoms with E-state index >= 15 is 0 Å². The van der Waals surface area contributed by atoms with E-state index in [0.717, 1.165) is 63.0 Å². The van der Waals surface area contributed by atoms with Crippen LogP contribution in [0.2, 0.25) is 0 Å². The van der Waals surface area contributed by atoms with Crippen LogP contribution in [0.4, 0.5) is 5.69 Å². The highest BCUT2D eigenvalue weighted by Gasteiger charge is 2.12. The van der Waals surface area contributed by atoms with Crippen LogP contribution in [0.1, 0.15) is 6.42 Å². The summed E-state index contributed by atoms with van der Waals surface area (Å²) in [6.07, 6.45) is 1.08. The van der Waals surface area contributed by atoms with Gasteiger partial charge in [0, 0.05) is 36.9 Å². The highest BCUT2D eigenvalue weighted by molar-refractivity contribution is 7.80. The van der Waals surface area contributed by atoms with Crippen LogP contribution in [0.15, 0.2) is 18.2 Å². The molecule has 7 heteroatoms. The molecule has 0 saturated carbocycles. The summed E-state index contributed by atoms with van der Waals surface area (Å²) in [5.74, 6) is 1.45. The number of thiocarbonyl (C=S) groups is 1. The minimum absolute atomic E-state index is 0.609. The lowest BCUT2D eigenvalue weighted by Crippen LogP contribution is -3.14. The van der Waals surface area contributed by atoms with Crippen LogP contribution in [0.25, 0.3) is 0 Å². The van der Waals surface area contributed by atoms with Gasteiger partial charge in [-0.2, -0.15) is 0 Å². The smallest absolute Gasteiger partial charge is 0.170 e. The van der Waals surface area contributed by atoms with Gasteiger partial charge in [-0.05, 0) is 12.2 Å². The summed E-state index contributed by atoms with van der Waals surface area (Å²) in [7, 11) is 3.26. The van der Waals surface area contributed by atoms with Crippen molar-refractivity contribution in [1.29, 1.82) is 0 Å². The third-order valence-electron chi connectivity index (χ3n) is 3.80. The Morgan fingerprint density at radius 1 is 1.17 bits per heavy atom. The topological polar surface area (TPSA) is 56.2 Å². The summed E-state index contributed by atoms with van der Waals surface area (Å²) >= 11 is 5.33. The molecule has 0 bridgehead atoms. The van der Waals surface area contributed by atoms with E-state index in [9.17, 15) is 0 Å². The molecule has 23 heavy (non-hydrogen) atoms. The van der Waals surface area contributed by atoms with E-state index < -0.39 is 0 Å². The Balaban J connectivity index is 1.71. The van der Waals surface area contributed by atoms with Crippen LogP contribution in [0.3, 0.4) is 0 Å². The molecule has 1 aromatic carbocycles. The Morgan fingerprint density at radius 3 is 2.43 bits per heavy atom. The standard InChI is InChI=1S/C16H25N3O3S/c1-20-14-10-13(11-15(12-14)21-2)18-16(23)17-4-3-5-19-6-8-22-9-7-19/h10-12H,3-9H2,1-2H3,(H2,17,18,23)/p+1. The van der Waals surface area contributed by atoms with E-state index in [1.807, 2.05) is 18.2 Å². The maximum atomic E-state index is 5.36. The number of quaternary nitrogens is 1. The maximum Gasteiger partial charge on any atom is 0.170 e. The second-order valence-electron chi connectivity index (χ2n) is 5.45. The van der Waals surface area contributed by atoms with Crippen LogP contribution in [-0.2, 0) is 4.74 Å². The van der Waals surface area contributed by atoms with Crippen molar-refractivity contribution in [3.63, 3.8) is 0 Å². The summed E-state index contributed by atoms with van der Waals surface area (Å²) in [6.45, 7) is 5.96. The number of benzene rings is 1. The average molecular weight is 340 g/mol. The predicted molar refractivity (Wildman–Crippen MR) is 94.8 cm³/mol. The van der Waals surface area contributed by atoms with Gasteiger partial charge in [-0.1, -0.05) is 0 Å². The lowest BCUT2D eigenvalue weighted by Gasteiger charge is -2.23. The van der Waals surface area contributed by atoms with Crippen molar-refractivity contribution in [2.75, 3.05) is 58.9 Å². The minimum Gasteiger partial charge on any atom is -0.497 e. The third-order valence-corrected chi connectivity index (χ3v) is 4.05. The van der Waals surface area contributed by atoms with Crippen molar-refractivity contribution in [1.82, 2.24) is 5.32 Å². The van der Waals surface area contributed by atoms with Crippen LogP contribution in [0, 0.1) is 0 Å². The largest absolute Gasteiger partial charge is 0.497 e. The first kappa shape index (κ1) is 17.8. The molecule has 1 saturated heterocycles. The van der Waals surface area contributed by atoms with E-state index in [-0.39, 0.29) is 0 Å². The highest BCUT2D eigenvalue weighted by atomic mass is 32.1. The first-order valence-electron chi connectivity index (χ1n) is 7.90. The SMILES string of the molecule is COc1cc(NC(=S)NCCC[NH+]2CCOCC2)cc(OC)c1. The molecule has 0 aromatic heterocycles. The van der Waals surface area contributed by atoms with Gasteiger partial charge in [-0.3, -0.25) is 0 Å². The van der Waals surface area contributed by atoms with E-state index in [4.69, 9.17) is 26.4 Å². The molecule has 1 aliphatic rings. The maximum absolute atomic E-state index is 5.36. The molecule has 128 valence electrons. The molecule has 0 atom stereocenters. The van der Waals surface area contributed by atoms with Crippen molar-refractivity contribution in [3.05, 3.63) is 18.2 Å². The zero-order valence-corrected chi connectivity index (χ0v) is 14.6. The first-order chi connectivity index (χ1) is 11.2. The van der Waals surface area contributed by atoms with Gasteiger partial charge in [0.05, 0.1) is 34.0 Å². The molecule has 2 rings (SSSR count). The lowest BCUT2D eigenvalue weighted by atomic mass is 10.3. The van der Waals surface area contributed by atoms with Crippen molar-refractivity contribution in [2.45, 2.75) is 6.42 Å². The van der Waals surface area contributed by atoms with E-state index in [1.54, 1.807) is 19.1 Å². The van der Waals surface area contributed by atoms with Crippen molar-refractivity contribution >= 4 is 23.0 Å². The molecule has 3 N–H and O–H groups in total. The number of ether oxygens (including phenoxy) is 3. The van der Waals surface area contributed by atoms with Gasteiger partial charge in [0.2, 0.25) is 0 Å². The molecule has 1 aliphatic heterocycles. The first-order valence-corrected chi connectivity index (χ1v) is 8.31. The Morgan fingerprint density at radius 2 is 1.83 bits per heavy atom. The Hall–Kier alpha value is -1.57. The summed E-state index contributed by atoms with van der Waals surface area (Å²) in [5.41, 5.74) is 0.845. The van der Waals surface area contributed by atoms with Gasteiger partial charge < -0.3 is 29.7 Å². The van der Waals surface area contributed by atoms with Crippen molar-refractivity contribution < 1.29 is 19.1 Å². The zero-order valence-electron chi connectivity index (χ0n) is 13.8. The molecule has 0 aliphatic carbocycles. The molecule has 1 aromatic rings. The molecule has 1 heterocycles. The normalized spacial score (nSPS) is 15.0. The molecule has 1 fully saturated rings. The molecule has 6 nitrogen and oxygen atoms in total. The monoisotopic (exact) mass is 340 g/mol. The molecule has 0 unspecified atom stereocenters. The van der Waals surface area contributed by atoms with E-state index in [1.165, 1.54) is 0 Å². The van der Waals surface area contributed by atoms with Gasteiger partial charge in [0.25, 0.3) is 0 Å². The summed E-state index contributed by atoms with van der Waals surface area (Å²) < 4.78 is 15.9. The number of morpholine rings is 1. The van der Waals surface area contributed by atoms with Gasteiger partial charge in [-0.25, -0.2) is 0 Å². The Labute approximate surface area is 143 Å². The van der Waals surface area contributed by atoms with Gasteiger partial charge in [-0.15, -0.1) is 0 Å². The number of anilines is 1. The number of methoxy groups -OCH3 is 2. The van der Waals surface area contributed by atoms with Crippen LogP contribution in [-0.4, -0.2) is 58.7 Å².